The van der Waals surface area contributed by atoms with Crippen LogP contribution >= 0.6 is 0 Å². The van der Waals surface area contributed by atoms with Gasteiger partial charge < -0.3 is 20.7 Å². The van der Waals surface area contributed by atoms with E-state index in [2.05, 4.69) is 15.5 Å². The highest BCUT2D eigenvalue weighted by Gasteiger charge is 2.40. The van der Waals surface area contributed by atoms with E-state index in [-0.39, 0.29) is 23.5 Å². The number of amides is 3. The van der Waals surface area contributed by atoms with E-state index in [9.17, 15) is 14.4 Å². The molecular formula is C26H33N7O4. The summed E-state index contributed by atoms with van der Waals surface area (Å²) in [6, 6.07) is 4.82. The highest BCUT2D eigenvalue weighted by Crippen LogP contribution is 2.46. The molecule has 0 spiro atoms. The van der Waals surface area contributed by atoms with Crippen LogP contribution in [0, 0.1) is 5.92 Å². The maximum atomic E-state index is 13.9. The fourth-order valence-electron chi connectivity index (χ4n) is 6.29. The molecule has 11 heteroatoms. The van der Waals surface area contributed by atoms with Gasteiger partial charge in [0, 0.05) is 56.7 Å². The zero-order valence-electron chi connectivity index (χ0n) is 20.9. The van der Waals surface area contributed by atoms with Crippen molar-refractivity contribution in [3.05, 3.63) is 35.0 Å². The number of primary amides is 1. The maximum absolute atomic E-state index is 13.9. The predicted molar refractivity (Wildman–Crippen MR) is 136 cm³/mol. The number of H-pyrrole nitrogens is 1. The first-order chi connectivity index (χ1) is 18.0. The minimum atomic E-state index is -0.637. The van der Waals surface area contributed by atoms with Crippen molar-refractivity contribution < 1.29 is 19.1 Å². The van der Waals surface area contributed by atoms with E-state index in [1.54, 1.807) is 6.07 Å². The number of morpholine rings is 1. The average molecular weight is 508 g/mol. The van der Waals surface area contributed by atoms with Crippen molar-refractivity contribution in [3.8, 4) is 11.3 Å². The molecule has 1 saturated carbocycles. The van der Waals surface area contributed by atoms with Crippen LogP contribution in [0.2, 0.25) is 0 Å². The second-order valence-corrected chi connectivity index (χ2v) is 10.2. The SMILES string of the molecule is NC(=O)N(c1cccc2c1C(=O)c1c-2n[nH]c1C1CCC(C(=O)N2CCNCC2)CC1)N1CCOCC1. The molecule has 3 fully saturated rings. The molecule has 3 amide bonds. The molecule has 0 bridgehead atoms. The first-order valence-electron chi connectivity index (χ1n) is 13.2. The van der Waals surface area contributed by atoms with E-state index < -0.39 is 6.03 Å². The Bertz CT molecular complexity index is 1210. The lowest BCUT2D eigenvalue weighted by atomic mass is 9.78. The molecule has 1 aromatic heterocycles. The van der Waals surface area contributed by atoms with Crippen LogP contribution < -0.4 is 16.1 Å². The number of urea groups is 1. The van der Waals surface area contributed by atoms with Crippen molar-refractivity contribution in [1.82, 2.24) is 25.4 Å². The van der Waals surface area contributed by atoms with Crippen LogP contribution in [0.15, 0.2) is 18.2 Å². The molecule has 11 nitrogen and oxygen atoms in total. The van der Waals surface area contributed by atoms with Crippen LogP contribution in [-0.2, 0) is 9.53 Å². The Morgan fingerprint density at radius 2 is 1.76 bits per heavy atom. The lowest BCUT2D eigenvalue weighted by Gasteiger charge is -2.36. The lowest BCUT2D eigenvalue weighted by molar-refractivity contribution is -0.137. The number of hydrazine groups is 1. The molecule has 0 atom stereocenters. The number of ketones is 1. The minimum absolute atomic E-state index is 0.0440. The summed E-state index contributed by atoms with van der Waals surface area (Å²) in [7, 11) is 0. The van der Waals surface area contributed by atoms with Crippen LogP contribution in [0.5, 0.6) is 0 Å². The number of aromatic amines is 1. The zero-order chi connectivity index (χ0) is 25.5. The van der Waals surface area contributed by atoms with Crippen LogP contribution in [0.3, 0.4) is 0 Å². The summed E-state index contributed by atoms with van der Waals surface area (Å²) in [5.41, 5.74) is 9.50. The van der Waals surface area contributed by atoms with Gasteiger partial charge in [0.15, 0.2) is 5.78 Å². The number of hydrogen-bond acceptors (Lipinski definition) is 7. The number of nitrogens with two attached hydrogens (primary N) is 1. The summed E-state index contributed by atoms with van der Waals surface area (Å²) in [5, 5.41) is 14.2. The van der Waals surface area contributed by atoms with Crippen LogP contribution in [0.1, 0.15) is 53.2 Å². The number of hydrogen-bond donors (Lipinski definition) is 3. The molecule has 1 aromatic carbocycles. The molecule has 196 valence electrons. The number of carbonyl (C=O) groups excluding carboxylic acids is 3. The molecule has 2 aromatic rings. The Labute approximate surface area is 215 Å². The van der Waals surface area contributed by atoms with Gasteiger partial charge in [-0.1, -0.05) is 12.1 Å². The molecule has 2 aliphatic carbocycles. The number of nitrogens with one attached hydrogen (secondary N) is 2. The molecular weight excluding hydrogens is 474 g/mol. The standard InChI is InChI=1S/C26H33N7O4/c27-26(36)33(32-12-14-37-15-13-32)19-3-1-2-18-20(19)24(34)21-22(29-30-23(18)21)16-4-6-17(7-5-16)25(35)31-10-8-28-9-11-31/h1-3,16-17,28H,4-15H2,(H2,27,36)(H,29,30). The smallest absolute Gasteiger partial charge is 0.334 e. The van der Waals surface area contributed by atoms with Crippen molar-refractivity contribution in [2.45, 2.75) is 31.6 Å². The highest BCUT2D eigenvalue weighted by atomic mass is 16.5. The van der Waals surface area contributed by atoms with Gasteiger partial charge in [0.2, 0.25) is 5.91 Å². The first kappa shape index (κ1) is 24.1. The molecule has 0 unspecified atom stereocenters. The van der Waals surface area contributed by atoms with Crippen molar-refractivity contribution in [2.24, 2.45) is 11.7 Å². The molecule has 4 aliphatic rings. The van der Waals surface area contributed by atoms with Gasteiger partial charge in [0.05, 0.1) is 35.7 Å². The summed E-state index contributed by atoms with van der Waals surface area (Å²) in [5.74, 6) is 0.305. The number of carbonyl (C=O) groups is 3. The first-order valence-corrected chi connectivity index (χ1v) is 13.2. The van der Waals surface area contributed by atoms with Gasteiger partial charge in [-0.05, 0) is 31.7 Å². The average Bonchev–Trinajstić information content (AvgIpc) is 3.49. The van der Waals surface area contributed by atoms with Gasteiger partial charge in [-0.3, -0.25) is 14.7 Å². The zero-order valence-corrected chi connectivity index (χ0v) is 20.9. The van der Waals surface area contributed by atoms with Crippen molar-refractivity contribution >= 4 is 23.4 Å². The van der Waals surface area contributed by atoms with E-state index in [0.717, 1.165) is 57.6 Å². The number of nitrogens with zero attached hydrogens (tertiary/aromatic N) is 4. The van der Waals surface area contributed by atoms with E-state index in [0.29, 0.717) is 54.4 Å². The third-order valence-electron chi connectivity index (χ3n) is 8.17. The Kier molecular flexibility index (Phi) is 6.43. The van der Waals surface area contributed by atoms with Crippen molar-refractivity contribution in [1.29, 1.82) is 0 Å². The summed E-state index contributed by atoms with van der Waals surface area (Å²) >= 11 is 0. The minimum Gasteiger partial charge on any atom is -0.379 e. The normalized spacial score (nSPS) is 24.0. The molecule has 37 heavy (non-hydrogen) atoms. The number of ether oxygens (including phenoxy) is 1. The summed E-state index contributed by atoms with van der Waals surface area (Å²) < 4.78 is 5.43. The van der Waals surface area contributed by atoms with Crippen LogP contribution in [0.4, 0.5) is 10.5 Å². The number of fused-ring (bicyclic) bond motifs is 3. The van der Waals surface area contributed by atoms with E-state index in [1.165, 1.54) is 5.01 Å². The molecule has 2 aliphatic heterocycles. The number of rotatable bonds is 4. The van der Waals surface area contributed by atoms with Gasteiger partial charge in [-0.15, -0.1) is 0 Å². The van der Waals surface area contributed by atoms with Gasteiger partial charge in [0.25, 0.3) is 0 Å². The van der Waals surface area contributed by atoms with E-state index >= 15 is 0 Å². The van der Waals surface area contributed by atoms with Crippen LogP contribution in [0.25, 0.3) is 11.3 Å². The largest absolute Gasteiger partial charge is 0.379 e. The Morgan fingerprint density at radius 3 is 2.46 bits per heavy atom. The second-order valence-electron chi connectivity index (χ2n) is 10.2. The van der Waals surface area contributed by atoms with E-state index in [4.69, 9.17) is 10.5 Å². The maximum Gasteiger partial charge on any atom is 0.334 e. The van der Waals surface area contributed by atoms with Crippen molar-refractivity contribution in [2.75, 3.05) is 57.5 Å². The number of aromatic nitrogens is 2. The molecule has 0 radical (unpaired) electrons. The monoisotopic (exact) mass is 507 g/mol. The Hall–Kier alpha value is -3.28. The second kappa shape index (κ2) is 9.88. The van der Waals surface area contributed by atoms with Gasteiger partial charge >= 0.3 is 6.03 Å². The third kappa shape index (κ3) is 4.20. The fraction of sp³-hybridized carbons (Fsp3) is 0.538. The Morgan fingerprint density at radius 1 is 1.03 bits per heavy atom. The quantitative estimate of drug-likeness (QED) is 0.486. The molecule has 2 saturated heterocycles. The summed E-state index contributed by atoms with van der Waals surface area (Å²) in [6.45, 7) is 5.23. The lowest BCUT2D eigenvalue weighted by Crippen LogP contribution is -2.54. The van der Waals surface area contributed by atoms with Crippen LogP contribution in [-0.4, -0.2) is 90.3 Å². The molecule has 3 heterocycles. The molecule has 4 N–H and O–H groups in total. The van der Waals surface area contributed by atoms with Crippen molar-refractivity contribution in [3.63, 3.8) is 0 Å². The number of piperazine rings is 1. The topological polar surface area (TPSA) is 137 Å². The van der Waals surface area contributed by atoms with Gasteiger partial charge in [0.1, 0.15) is 5.69 Å². The highest BCUT2D eigenvalue weighted by molar-refractivity contribution is 6.25. The molecule has 6 rings (SSSR count). The fourth-order valence-corrected chi connectivity index (χ4v) is 6.29. The number of anilines is 1. The summed E-state index contributed by atoms with van der Waals surface area (Å²) in [4.78, 5) is 41.4. The van der Waals surface area contributed by atoms with E-state index in [1.807, 2.05) is 22.0 Å². The number of benzene rings is 1. The third-order valence-corrected chi connectivity index (χ3v) is 8.17. The van der Waals surface area contributed by atoms with Gasteiger partial charge in [-0.2, -0.15) is 5.10 Å². The summed E-state index contributed by atoms with van der Waals surface area (Å²) in [6.07, 6.45) is 3.27. The Balaban J connectivity index is 1.23. The van der Waals surface area contributed by atoms with Gasteiger partial charge in [-0.25, -0.2) is 14.8 Å². The predicted octanol–water partition coefficient (Wildman–Crippen LogP) is 1.46.